The second-order valence-electron chi connectivity index (χ2n) is 7.17. The molecule has 150 valence electrons. The monoisotopic (exact) mass is 395 g/mol. The van der Waals surface area contributed by atoms with E-state index in [9.17, 15) is 9.59 Å². The van der Waals surface area contributed by atoms with Crippen molar-refractivity contribution < 1.29 is 14.3 Å². The predicted molar refractivity (Wildman–Crippen MR) is 107 cm³/mol. The van der Waals surface area contributed by atoms with Crippen molar-refractivity contribution in [2.45, 2.75) is 33.4 Å². The molecule has 1 atom stereocenters. The van der Waals surface area contributed by atoms with Crippen LogP contribution in [0.15, 0.2) is 24.3 Å². The third-order valence-electron chi connectivity index (χ3n) is 4.72. The van der Waals surface area contributed by atoms with Gasteiger partial charge in [0.1, 0.15) is 6.04 Å². The van der Waals surface area contributed by atoms with Gasteiger partial charge in [0.2, 0.25) is 11.8 Å². The van der Waals surface area contributed by atoms with Gasteiger partial charge in [-0.3, -0.25) is 14.5 Å². The topological polar surface area (TPSA) is 61.9 Å². The molecule has 1 aliphatic rings. The summed E-state index contributed by atoms with van der Waals surface area (Å²) in [6, 6.07) is 6.81. The van der Waals surface area contributed by atoms with E-state index in [2.05, 4.69) is 10.2 Å². The van der Waals surface area contributed by atoms with Gasteiger partial charge in [-0.1, -0.05) is 37.6 Å². The van der Waals surface area contributed by atoms with Gasteiger partial charge in [0.15, 0.2) is 0 Å². The smallest absolute Gasteiger partial charge is 0.242 e. The van der Waals surface area contributed by atoms with Crippen molar-refractivity contribution in [3.05, 3.63) is 34.9 Å². The number of carbonyl (C=O) groups excluding carboxylic acids is 2. The fourth-order valence-corrected chi connectivity index (χ4v) is 3.10. The van der Waals surface area contributed by atoms with Gasteiger partial charge in [-0.2, -0.15) is 0 Å². The Morgan fingerprint density at radius 1 is 1.19 bits per heavy atom. The molecule has 0 saturated carbocycles. The van der Waals surface area contributed by atoms with Crippen LogP contribution in [-0.2, 0) is 20.9 Å². The largest absolute Gasteiger partial charge is 0.379 e. The standard InChI is InChI=1S/C20H30ClN3O3/c1-15(2)20(26)24(14-17-4-6-18(21)7-5-17)16(3)19(25)22-8-9-23-10-12-27-13-11-23/h4-7,15-16H,8-14H2,1-3H3,(H,22,25)/t16-/m1/s1. The van der Waals surface area contributed by atoms with Gasteiger partial charge in [-0.25, -0.2) is 0 Å². The van der Waals surface area contributed by atoms with E-state index in [-0.39, 0.29) is 17.7 Å². The lowest BCUT2D eigenvalue weighted by Crippen LogP contribution is -2.50. The molecule has 0 aliphatic carbocycles. The summed E-state index contributed by atoms with van der Waals surface area (Å²) in [5.74, 6) is -0.354. The lowest BCUT2D eigenvalue weighted by Gasteiger charge is -2.31. The van der Waals surface area contributed by atoms with Gasteiger partial charge in [-0.15, -0.1) is 0 Å². The zero-order valence-corrected chi connectivity index (χ0v) is 17.2. The molecule has 1 heterocycles. The van der Waals surface area contributed by atoms with E-state index in [1.54, 1.807) is 24.0 Å². The number of benzene rings is 1. The highest BCUT2D eigenvalue weighted by Crippen LogP contribution is 2.15. The predicted octanol–water partition coefficient (Wildman–Crippen LogP) is 2.16. The number of halogens is 1. The second-order valence-corrected chi connectivity index (χ2v) is 7.60. The number of morpholine rings is 1. The lowest BCUT2D eigenvalue weighted by molar-refractivity contribution is -0.143. The number of ether oxygens (including phenoxy) is 1. The molecule has 2 amide bonds. The highest BCUT2D eigenvalue weighted by Gasteiger charge is 2.27. The van der Waals surface area contributed by atoms with E-state index in [4.69, 9.17) is 16.3 Å². The molecule has 0 radical (unpaired) electrons. The zero-order valence-electron chi connectivity index (χ0n) is 16.4. The number of hydrogen-bond acceptors (Lipinski definition) is 4. The highest BCUT2D eigenvalue weighted by atomic mass is 35.5. The van der Waals surface area contributed by atoms with Crippen molar-refractivity contribution in [3.8, 4) is 0 Å². The molecule has 1 saturated heterocycles. The van der Waals surface area contributed by atoms with Gasteiger partial charge in [-0.05, 0) is 24.6 Å². The lowest BCUT2D eigenvalue weighted by atomic mass is 10.1. The molecule has 1 fully saturated rings. The first-order valence-corrected chi connectivity index (χ1v) is 9.89. The summed E-state index contributed by atoms with van der Waals surface area (Å²) >= 11 is 5.94. The van der Waals surface area contributed by atoms with Crippen molar-refractivity contribution in [2.24, 2.45) is 5.92 Å². The van der Waals surface area contributed by atoms with Crippen LogP contribution in [0.2, 0.25) is 5.02 Å². The molecule has 0 unspecified atom stereocenters. The van der Waals surface area contributed by atoms with Crippen molar-refractivity contribution in [2.75, 3.05) is 39.4 Å². The highest BCUT2D eigenvalue weighted by molar-refractivity contribution is 6.30. The Kier molecular flexibility index (Phi) is 8.54. The maximum Gasteiger partial charge on any atom is 0.242 e. The fraction of sp³-hybridized carbons (Fsp3) is 0.600. The maximum absolute atomic E-state index is 12.7. The Balaban J connectivity index is 1.94. The first-order chi connectivity index (χ1) is 12.9. The third-order valence-corrected chi connectivity index (χ3v) is 4.97. The minimum absolute atomic E-state index is 0.0409. The quantitative estimate of drug-likeness (QED) is 0.732. The number of nitrogens with zero attached hydrogens (tertiary/aromatic N) is 2. The minimum atomic E-state index is -0.541. The van der Waals surface area contributed by atoms with E-state index >= 15 is 0 Å². The molecule has 0 aromatic heterocycles. The molecule has 2 rings (SSSR count). The van der Waals surface area contributed by atoms with Gasteiger partial charge < -0.3 is 15.0 Å². The summed E-state index contributed by atoms with van der Waals surface area (Å²) < 4.78 is 5.33. The Morgan fingerprint density at radius 2 is 1.81 bits per heavy atom. The van der Waals surface area contributed by atoms with Crippen LogP contribution in [0.5, 0.6) is 0 Å². The summed E-state index contributed by atoms with van der Waals surface area (Å²) in [5.41, 5.74) is 0.946. The Labute approximate surface area is 166 Å². The van der Waals surface area contributed by atoms with E-state index in [0.29, 0.717) is 18.1 Å². The summed E-state index contributed by atoms with van der Waals surface area (Å²) in [4.78, 5) is 29.2. The first-order valence-electron chi connectivity index (χ1n) is 9.51. The number of rotatable bonds is 8. The van der Waals surface area contributed by atoms with Gasteiger partial charge in [0.05, 0.1) is 13.2 Å². The fourth-order valence-electron chi connectivity index (χ4n) is 2.98. The van der Waals surface area contributed by atoms with Crippen LogP contribution < -0.4 is 5.32 Å². The minimum Gasteiger partial charge on any atom is -0.379 e. The average molecular weight is 396 g/mol. The van der Waals surface area contributed by atoms with E-state index in [0.717, 1.165) is 38.4 Å². The Bertz CT molecular complexity index is 615. The summed E-state index contributed by atoms with van der Waals surface area (Å²) in [5, 5.41) is 3.61. The summed E-state index contributed by atoms with van der Waals surface area (Å²) in [6.07, 6.45) is 0. The van der Waals surface area contributed by atoms with Crippen LogP contribution >= 0.6 is 11.6 Å². The summed E-state index contributed by atoms with van der Waals surface area (Å²) in [6.45, 7) is 10.5. The second kappa shape index (κ2) is 10.6. The van der Waals surface area contributed by atoms with Gasteiger partial charge in [0, 0.05) is 43.7 Å². The van der Waals surface area contributed by atoms with Crippen LogP contribution in [0.25, 0.3) is 0 Å². The van der Waals surface area contributed by atoms with Crippen molar-refractivity contribution >= 4 is 23.4 Å². The van der Waals surface area contributed by atoms with Crippen LogP contribution in [-0.4, -0.2) is 67.0 Å². The van der Waals surface area contributed by atoms with E-state index < -0.39 is 6.04 Å². The van der Waals surface area contributed by atoms with Crippen molar-refractivity contribution in [1.29, 1.82) is 0 Å². The third kappa shape index (κ3) is 6.79. The number of hydrogen-bond donors (Lipinski definition) is 1. The van der Waals surface area contributed by atoms with Gasteiger partial charge >= 0.3 is 0 Å². The molecular weight excluding hydrogens is 366 g/mol. The normalized spacial score (nSPS) is 16.2. The molecule has 27 heavy (non-hydrogen) atoms. The van der Waals surface area contributed by atoms with Crippen LogP contribution in [0.3, 0.4) is 0 Å². The van der Waals surface area contributed by atoms with E-state index in [1.165, 1.54) is 0 Å². The molecule has 7 heteroatoms. The molecule has 0 spiro atoms. The van der Waals surface area contributed by atoms with Gasteiger partial charge in [0.25, 0.3) is 0 Å². The Morgan fingerprint density at radius 3 is 2.41 bits per heavy atom. The zero-order chi connectivity index (χ0) is 19.8. The van der Waals surface area contributed by atoms with Crippen LogP contribution in [0, 0.1) is 5.92 Å². The molecule has 6 nitrogen and oxygen atoms in total. The molecule has 1 aromatic carbocycles. The van der Waals surface area contributed by atoms with E-state index in [1.807, 2.05) is 26.0 Å². The molecular formula is C20H30ClN3O3. The summed E-state index contributed by atoms with van der Waals surface area (Å²) in [7, 11) is 0. The maximum atomic E-state index is 12.7. The molecule has 1 aromatic rings. The van der Waals surface area contributed by atoms with Crippen molar-refractivity contribution in [1.82, 2.24) is 15.1 Å². The average Bonchev–Trinajstić information content (AvgIpc) is 2.67. The SMILES string of the molecule is CC(C)C(=O)N(Cc1ccc(Cl)cc1)[C@H](C)C(=O)NCCN1CCOCC1. The van der Waals surface area contributed by atoms with Crippen molar-refractivity contribution in [3.63, 3.8) is 0 Å². The molecule has 1 aliphatic heterocycles. The number of amides is 2. The molecule has 1 N–H and O–H groups in total. The number of carbonyl (C=O) groups is 2. The van der Waals surface area contributed by atoms with Crippen LogP contribution in [0.1, 0.15) is 26.3 Å². The Hall–Kier alpha value is -1.63. The molecule has 0 bridgehead atoms. The number of nitrogens with one attached hydrogen (secondary N) is 1. The first kappa shape index (κ1) is 21.7. The van der Waals surface area contributed by atoms with Crippen LogP contribution in [0.4, 0.5) is 0 Å².